The smallest absolute Gasteiger partial charge is 0.233 e. The zero-order valence-electron chi connectivity index (χ0n) is 13.1. The summed E-state index contributed by atoms with van der Waals surface area (Å²) in [6.45, 7) is 9.35. The first-order valence-electron chi connectivity index (χ1n) is 7.33. The molecule has 1 atom stereocenters. The molecule has 21 heavy (non-hydrogen) atoms. The third-order valence-electron chi connectivity index (χ3n) is 2.98. The van der Waals surface area contributed by atoms with Gasteiger partial charge < -0.3 is 10.6 Å². The molecule has 1 amide bonds. The second kappa shape index (κ2) is 6.74. The van der Waals surface area contributed by atoms with E-state index >= 15 is 0 Å². The maximum atomic E-state index is 12.1. The van der Waals surface area contributed by atoms with Gasteiger partial charge in [0.1, 0.15) is 0 Å². The van der Waals surface area contributed by atoms with Crippen molar-refractivity contribution in [3.8, 4) is 0 Å². The average Bonchev–Trinajstić information content (AvgIpc) is 3.08. The Morgan fingerprint density at radius 2 is 2.19 bits per heavy atom. The number of aromatic nitrogens is 4. The van der Waals surface area contributed by atoms with E-state index in [-0.39, 0.29) is 16.7 Å². The van der Waals surface area contributed by atoms with Crippen molar-refractivity contribution in [3.63, 3.8) is 0 Å². The van der Waals surface area contributed by atoms with Crippen molar-refractivity contribution in [3.05, 3.63) is 0 Å². The molecule has 1 aromatic rings. The summed E-state index contributed by atoms with van der Waals surface area (Å²) in [7, 11) is 0. The molecule has 1 aliphatic carbocycles. The summed E-state index contributed by atoms with van der Waals surface area (Å²) >= 11 is 1.39. The summed E-state index contributed by atoms with van der Waals surface area (Å²) in [6, 6.07) is 0.675. The highest BCUT2D eigenvalue weighted by atomic mass is 32.2. The van der Waals surface area contributed by atoms with Crippen LogP contribution in [-0.4, -0.2) is 49.5 Å². The lowest BCUT2D eigenvalue weighted by Crippen LogP contribution is -2.44. The van der Waals surface area contributed by atoms with Crippen LogP contribution in [0.15, 0.2) is 5.16 Å². The number of hydrogen-bond donors (Lipinski definition) is 2. The predicted molar refractivity (Wildman–Crippen MR) is 82.1 cm³/mol. The van der Waals surface area contributed by atoms with E-state index in [9.17, 15) is 4.79 Å². The molecule has 0 radical (unpaired) electrons. The van der Waals surface area contributed by atoms with Crippen LogP contribution >= 0.6 is 11.8 Å². The number of carbonyl (C=O) groups excluding carboxylic acids is 1. The van der Waals surface area contributed by atoms with E-state index in [0.717, 1.165) is 13.1 Å². The van der Waals surface area contributed by atoms with Crippen LogP contribution in [0.4, 0.5) is 0 Å². The number of amides is 1. The average molecular weight is 312 g/mol. The molecule has 1 unspecified atom stereocenters. The van der Waals surface area contributed by atoms with Gasteiger partial charge in [-0.1, -0.05) is 11.8 Å². The van der Waals surface area contributed by atoms with Gasteiger partial charge in [0.15, 0.2) is 0 Å². The Hall–Kier alpha value is -1.15. The predicted octanol–water partition coefficient (Wildman–Crippen LogP) is 0.820. The van der Waals surface area contributed by atoms with Gasteiger partial charge in [0, 0.05) is 18.1 Å². The van der Waals surface area contributed by atoms with Gasteiger partial charge in [0.25, 0.3) is 0 Å². The van der Waals surface area contributed by atoms with E-state index < -0.39 is 0 Å². The summed E-state index contributed by atoms with van der Waals surface area (Å²) in [6.07, 6.45) is 2.53. The van der Waals surface area contributed by atoms with E-state index in [0.29, 0.717) is 11.2 Å². The largest absolute Gasteiger partial charge is 0.351 e. The molecular weight excluding hydrogens is 288 g/mol. The Labute approximate surface area is 129 Å². The minimum atomic E-state index is -0.231. The Kier molecular flexibility index (Phi) is 5.21. The number of thioether (sulfide) groups is 1. The molecule has 0 aliphatic heterocycles. The lowest BCUT2D eigenvalue weighted by molar-refractivity contribution is -0.121. The molecule has 1 aliphatic rings. The van der Waals surface area contributed by atoms with Crippen LogP contribution < -0.4 is 10.6 Å². The zero-order valence-corrected chi connectivity index (χ0v) is 13.9. The first-order valence-corrected chi connectivity index (χ1v) is 8.21. The zero-order chi connectivity index (χ0) is 15.5. The molecule has 1 heterocycles. The van der Waals surface area contributed by atoms with Crippen molar-refractivity contribution < 1.29 is 4.79 Å². The summed E-state index contributed by atoms with van der Waals surface area (Å²) < 4.78 is 1.75. The van der Waals surface area contributed by atoms with Gasteiger partial charge in [-0.15, -0.1) is 5.10 Å². The molecule has 7 nitrogen and oxygen atoms in total. The normalized spacial score (nSPS) is 16.8. The molecule has 0 aromatic carbocycles. The first-order chi connectivity index (χ1) is 9.85. The highest BCUT2D eigenvalue weighted by Crippen LogP contribution is 2.21. The summed E-state index contributed by atoms with van der Waals surface area (Å²) in [5.41, 5.74) is -0.230. The Balaban J connectivity index is 1.83. The number of rotatable bonds is 7. The van der Waals surface area contributed by atoms with E-state index in [1.807, 2.05) is 27.7 Å². The Morgan fingerprint density at radius 1 is 1.48 bits per heavy atom. The van der Waals surface area contributed by atoms with E-state index in [2.05, 4.69) is 26.2 Å². The van der Waals surface area contributed by atoms with Gasteiger partial charge in [-0.3, -0.25) is 4.79 Å². The molecule has 118 valence electrons. The maximum Gasteiger partial charge on any atom is 0.233 e. The number of hydrogen-bond acceptors (Lipinski definition) is 6. The Morgan fingerprint density at radius 3 is 2.81 bits per heavy atom. The molecule has 1 saturated carbocycles. The summed E-state index contributed by atoms with van der Waals surface area (Å²) in [5.74, 6) is -0.00171. The van der Waals surface area contributed by atoms with Gasteiger partial charge in [0.05, 0.1) is 11.8 Å². The number of nitrogens with one attached hydrogen (secondary N) is 2. The number of tetrazole rings is 1. The van der Waals surface area contributed by atoms with Crippen molar-refractivity contribution in [2.75, 3.05) is 6.54 Å². The van der Waals surface area contributed by atoms with E-state index in [1.54, 1.807) is 4.68 Å². The monoisotopic (exact) mass is 312 g/mol. The molecule has 8 heteroatoms. The third-order valence-corrected chi connectivity index (χ3v) is 4.05. The number of carbonyl (C=O) groups is 1. The van der Waals surface area contributed by atoms with Gasteiger partial charge >= 0.3 is 0 Å². The van der Waals surface area contributed by atoms with Crippen molar-refractivity contribution in [2.45, 2.75) is 69.1 Å². The SMILES string of the molecule is CC(Sc1nnnn1CCNC1CC1)C(=O)NC(C)(C)C. The quantitative estimate of drug-likeness (QED) is 0.725. The lowest BCUT2D eigenvalue weighted by atomic mass is 10.1. The minimum Gasteiger partial charge on any atom is -0.351 e. The van der Waals surface area contributed by atoms with Crippen LogP contribution in [0.1, 0.15) is 40.5 Å². The van der Waals surface area contributed by atoms with Crippen molar-refractivity contribution in [1.82, 2.24) is 30.8 Å². The minimum absolute atomic E-state index is 0.00171. The van der Waals surface area contributed by atoms with Crippen molar-refractivity contribution in [2.24, 2.45) is 0 Å². The van der Waals surface area contributed by atoms with Crippen LogP contribution in [0.5, 0.6) is 0 Å². The lowest BCUT2D eigenvalue weighted by Gasteiger charge is -2.22. The fourth-order valence-corrected chi connectivity index (χ4v) is 2.58. The standard InChI is InChI=1S/C13H24N6OS/c1-9(11(20)15-13(2,3)4)21-12-16-17-18-19(12)8-7-14-10-5-6-10/h9-10,14H,5-8H2,1-4H3,(H,15,20). The van der Waals surface area contributed by atoms with Crippen molar-refractivity contribution >= 4 is 17.7 Å². The molecular formula is C13H24N6OS. The second-order valence-electron chi connectivity index (χ2n) is 6.41. The molecule has 1 fully saturated rings. The van der Waals surface area contributed by atoms with Crippen LogP contribution in [0, 0.1) is 0 Å². The van der Waals surface area contributed by atoms with Gasteiger partial charge in [-0.25, -0.2) is 4.68 Å². The third kappa shape index (κ3) is 5.62. The first kappa shape index (κ1) is 16.2. The van der Waals surface area contributed by atoms with Gasteiger partial charge in [-0.2, -0.15) is 0 Å². The molecule has 0 saturated heterocycles. The highest BCUT2D eigenvalue weighted by molar-refractivity contribution is 8.00. The van der Waals surface area contributed by atoms with E-state index in [4.69, 9.17) is 0 Å². The number of nitrogens with zero attached hydrogens (tertiary/aromatic N) is 4. The summed E-state index contributed by atoms with van der Waals surface area (Å²) in [5, 5.41) is 18.5. The van der Waals surface area contributed by atoms with Gasteiger partial charge in [0.2, 0.25) is 11.1 Å². The molecule has 0 bridgehead atoms. The highest BCUT2D eigenvalue weighted by Gasteiger charge is 2.23. The van der Waals surface area contributed by atoms with Crippen LogP contribution in [0.3, 0.4) is 0 Å². The second-order valence-corrected chi connectivity index (χ2v) is 7.72. The fraction of sp³-hybridized carbons (Fsp3) is 0.846. The van der Waals surface area contributed by atoms with E-state index in [1.165, 1.54) is 24.6 Å². The molecule has 1 aromatic heterocycles. The molecule has 2 rings (SSSR count). The van der Waals surface area contributed by atoms with Crippen molar-refractivity contribution in [1.29, 1.82) is 0 Å². The van der Waals surface area contributed by atoms with Crippen LogP contribution in [0.25, 0.3) is 0 Å². The fourth-order valence-electron chi connectivity index (χ4n) is 1.77. The van der Waals surface area contributed by atoms with Gasteiger partial charge in [-0.05, 0) is 51.0 Å². The van der Waals surface area contributed by atoms with Crippen LogP contribution in [0.2, 0.25) is 0 Å². The molecule has 0 spiro atoms. The Bertz CT molecular complexity index is 479. The molecule has 2 N–H and O–H groups in total. The summed E-state index contributed by atoms with van der Waals surface area (Å²) in [4.78, 5) is 12.1. The maximum absolute atomic E-state index is 12.1. The van der Waals surface area contributed by atoms with Crippen LogP contribution in [-0.2, 0) is 11.3 Å². The topological polar surface area (TPSA) is 84.7 Å².